The van der Waals surface area contributed by atoms with E-state index in [1.807, 2.05) is 12.2 Å². The van der Waals surface area contributed by atoms with Crippen molar-refractivity contribution in [2.45, 2.75) is 71.3 Å². The van der Waals surface area contributed by atoms with Crippen molar-refractivity contribution in [3.05, 3.63) is 58.1 Å². The van der Waals surface area contributed by atoms with Crippen LogP contribution >= 0.6 is 0 Å². The van der Waals surface area contributed by atoms with E-state index in [1.165, 1.54) is 19.6 Å². The Morgan fingerprint density at radius 2 is 1.72 bits per heavy atom. The third kappa shape index (κ3) is 5.18. The number of amides is 2. The molecule has 0 spiro atoms. The number of benzene rings is 1. The van der Waals surface area contributed by atoms with E-state index in [2.05, 4.69) is 17.6 Å². The molecule has 1 aromatic carbocycles. The van der Waals surface area contributed by atoms with Crippen LogP contribution in [0.15, 0.2) is 46.7 Å². The number of carbonyl (C=O) groups excluding carboxylic acids is 2. The first-order valence-corrected chi connectivity index (χ1v) is 13.5. The highest BCUT2D eigenvalue weighted by Crippen LogP contribution is 2.42. The minimum Gasteiger partial charge on any atom is -0.496 e. The van der Waals surface area contributed by atoms with Gasteiger partial charge in [0.2, 0.25) is 0 Å². The summed E-state index contributed by atoms with van der Waals surface area (Å²) in [5.74, 6) is -2.33. The van der Waals surface area contributed by atoms with E-state index in [9.17, 15) is 23.9 Å². The summed E-state index contributed by atoms with van der Waals surface area (Å²) < 4.78 is 26.1. The van der Waals surface area contributed by atoms with Gasteiger partial charge in [-0.3, -0.25) is 14.4 Å². The average Bonchev–Trinajstić information content (AvgIpc) is 3.50. The minimum atomic E-state index is -0.846. The van der Waals surface area contributed by atoms with Gasteiger partial charge in [0, 0.05) is 19.0 Å². The van der Waals surface area contributed by atoms with E-state index < -0.39 is 23.1 Å². The molecule has 5 rings (SSSR count). The summed E-state index contributed by atoms with van der Waals surface area (Å²) in [5.41, 5.74) is 2.01. The fourth-order valence-electron chi connectivity index (χ4n) is 5.82. The van der Waals surface area contributed by atoms with Gasteiger partial charge >= 0.3 is 5.97 Å². The molecule has 0 radical (unpaired) electrons. The summed E-state index contributed by atoms with van der Waals surface area (Å²) in [7, 11) is 1.35. The molecule has 0 heterocycles. The molecule has 1 aromatic rings. The molecule has 0 saturated heterocycles. The summed E-state index contributed by atoms with van der Waals surface area (Å²) in [5, 5.41) is 15.4. The van der Waals surface area contributed by atoms with Gasteiger partial charge in [-0.05, 0) is 68.1 Å². The number of rotatable bonds is 9. The fourth-order valence-corrected chi connectivity index (χ4v) is 5.82. The van der Waals surface area contributed by atoms with Crippen LogP contribution in [-0.4, -0.2) is 42.6 Å². The predicted molar refractivity (Wildman–Crippen MR) is 142 cm³/mol. The molecule has 0 aromatic heterocycles. The van der Waals surface area contributed by atoms with Gasteiger partial charge in [-0.1, -0.05) is 25.5 Å². The van der Waals surface area contributed by atoms with Crippen molar-refractivity contribution in [2.24, 2.45) is 10.8 Å². The zero-order valence-electron chi connectivity index (χ0n) is 22.6. The number of aliphatic carboxylic acids is 1. The number of hydrogen-bond acceptors (Lipinski definition) is 5. The minimum absolute atomic E-state index is 0.0420. The second-order valence-corrected chi connectivity index (χ2v) is 11.8. The molecule has 2 fully saturated rings. The number of methoxy groups -OCH3 is 1. The molecule has 8 nitrogen and oxygen atoms in total. The molecule has 39 heavy (non-hydrogen) atoms. The van der Waals surface area contributed by atoms with Crippen LogP contribution in [0, 0.1) is 16.6 Å². The molecule has 9 heteroatoms. The fraction of sp³-hybridized carbons (Fsp3) is 0.500. The number of nitrogens with one attached hydrogen (secondary N) is 2. The summed E-state index contributed by atoms with van der Waals surface area (Å²) in [6.07, 6.45) is 9.08. The summed E-state index contributed by atoms with van der Waals surface area (Å²) in [6, 6.07) is 2.42. The maximum atomic E-state index is 14.9. The molecule has 2 saturated carbocycles. The van der Waals surface area contributed by atoms with Gasteiger partial charge in [0.25, 0.3) is 11.8 Å². The van der Waals surface area contributed by atoms with Gasteiger partial charge in [0.05, 0.1) is 35.5 Å². The molecule has 4 aliphatic carbocycles. The third-order valence-corrected chi connectivity index (χ3v) is 8.81. The topological polar surface area (TPSA) is 114 Å². The van der Waals surface area contributed by atoms with Crippen LogP contribution in [0.4, 0.5) is 4.39 Å². The number of carboxylic acids is 1. The Morgan fingerprint density at radius 1 is 1.03 bits per heavy atom. The third-order valence-electron chi connectivity index (χ3n) is 8.81. The highest BCUT2D eigenvalue weighted by molar-refractivity contribution is 6.05. The lowest BCUT2D eigenvalue weighted by molar-refractivity contribution is -0.150. The van der Waals surface area contributed by atoms with Gasteiger partial charge in [-0.25, -0.2) is 4.39 Å². The number of carbonyl (C=O) groups is 3. The zero-order chi connectivity index (χ0) is 27.9. The van der Waals surface area contributed by atoms with Crippen LogP contribution in [0.2, 0.25) is 0 Å². The van der Waals surface area contributed by atoms with Gasteiger partial charge in [0.1, 0.15) is 5.75 Å². The van der Waals surface area contributed by atoms with E-state index in [-0.39, 0.29) is 34.5 Å². The van der Waals surface area contributed by atoms with E-state index in [0.29, 0.717) is 49.9 Å². The summed E-state index contributed by atoms with van der Waals surface area (Å²) >= 11 is 0. The maximum Gasteiger partial charge on any atom is 0.309 e. The Kier molecular flexibility index (Phi) is 7.03. The smallest absolute Gasteiger partial charge is 0.309 e. The quantitative estimate of drug-likeness (QED) is 0.416. The van der Waals surface area contributed by atoms with Crippen molar-refractivity contribution in [1.82, 2.24) is 10.6 Å². The number of ether oxygens (including phenoxy) is 2. The van der Waals surface area contributed by atoms with Crippen LogP contribution in [0.25, 0.3) is 0 Å². The van der Waals surface area contributed by atoms with E-state index >= 15 is 0 Å². The number of fused-ring (bicyclic) bond motifs is 2. The molecule has 208 valence electrons. The molecule has 4 aliphatic rings. The lowest BCUT2D eigenvalue weighted by atomic mass is 9.70. The van der Waals surface area contributed by atoms with E-state index in [4.69, 9.17) is 9.47 Å². The molecule has 2 amide bonds. The molecule has 3 N–H and O–H groups in total. The van der Waals surface area contributed by atoms with Crippen LogP contribution in [-0.2, 0) is 9.59 Å². The Bertz CT molecular complexity index is 1310. The highest BCUT2D eigenvalue weighted by atomic mass is 19.1. The van der Waals surface area contributed by atoms with Gasteiger partial charge in [-0.2, -0.15) is 0 Å². The monoisotopic (exact) mass is 538 g/mol. The summed E-state index contributed by atoms with van der Waals surface area (Å²) in [4.78, 5) is 38.2. The SMILES string of the molecule is COc1cc(F)c(OC2CCC(C)(C(=O)O)CC2)cc1C(=O)NC1=C2C=CC(=C1C(=O)NCC1(C)CCC1)C2. The molecular weight excluding hydrogens is 503 g/mol. The average molecular weight is 539 g/mol. The van der Waals surface area contributed by atoms with Gasteiger partial charge in [0.15, 0.2) is 11.6 Å². The van der Waals surface area contributed by atoms with Crippen molar-refractivity contribution in [3.63, 3.8) is 0 Å². The second-order valence-electron chi connectivity index (χ2n) is 11.8. The number of carboxylic acid groups (broad SMARTS) is 1. The largest absolute Gasteiger partial charge is 0.496 e. The Labute approximate surface area is 227 Å². The lowest BCUT2D eigenvalue weighted by Crippen LogP contribution is -2.41. The van der Waals surface area contributed by atoms with Crippen LogP contribution in [0.5, 0.6) is 11.5 Å². The predicted octanol–water partition coefficient (Wildman–Crippen LogP) is 4.81. The first-order chi connectivity index (χ1) is 18.5. The lowest BCUT2D eigenvalue weighted by Gasteiger charge is -2.38. The van der Waals surface area contributed by atoms with Crippen LogP contribution in [0.1, 0.15) is 75.6 Å². The normalized spacial score (nSPS) is 24.9. The van der Waals surface area contributed by atoms with Gasteiger partial charge in [-0.15, -0.1) is 0 Å². The van der Waals surface area contributed by atoms with Crippen LogP contribution in [0.3, 0.4) is 0 Å². The molecule has 0 unspecified atom stereocenters. The van der Waals surface area contributed by atoms with Crippen LogP contribution < -0.4 is 20.1 Å². The number of halogens is 1. The van der Waals surface area contributed by atoms with E-state index in [1.54, 1.807) is 6.92 Å². The summed E-state index contributed by atoms with van der Waals surface area (Å²) in [6.45, 7) is 4.46. The Morgan fingerprint density at radius 3 is 2.33 bits per heavy atom. The van der Waals surface area contributed by atoms with Crippen molar-refractivity contribution < 1.29 is 33.4 Å². The van der Waals surface area contributed by atoms with Crippen molar-refractivity contribution in [2.75, 3.05) is 13.7 Å². The first-order valence-electron chi connectivity index (χ1n) is 13.5. The van der Waals surface area contributed by atoms with E-state index in [0.717, 1.165) is 30.1 Å². The van der Waals surface area contributed by atoms with Gasteiger partial charge < -0.3 is 25.2 Å². The molecule has 2 bridgehead atoms. The first kappa shape index (κ1) is 27.0. The Balaban J connectivity index is 1.31. The second kappa shape index (κ2) is 10.2. The zero-order valence-corrected chi connectivity index (χ0v) is 22.6. The number of hydrogen-bond donors (Lipinski definition) is 3. The molecule has 0 atom stereocenters. The number of allylic oxidation sites excluding steroid dienone is 4. The molecule has 0 aliphatic heterocycles. The maximum absolute atomic E-state index is 14.9. The van der Waals surface area contributed by atoms with Crippen molar-refractivity contribution in [3.8, 4) is 11.5 Å². The standard InChI is InChI=1S/C30H35FN2O6/c1-29(9-4-10-29)16-32-27(35)24-17-5-6-18(13-17)25(24)33-26(34)20-14-23(21(31)15-22(20)38-3)39-19-7-11-30(2,12-8-19)28(36)37/h5-6,14-15,19H,4,7-13,16H2,1-3H3,(H,32,35)(H,33,34)(H,36,37). The van der Waals surface area contributed by atoms with Crippen molar-refractivity contribution >= 4 is 17.8 Å². The van der Waals surface area contributed by atoms with Crippen molar-refractivity contribution in [1.29, 1.82) is 0 Å². The molecular formula is C30H35FN2O6. The Hall–Kier alpha value is -3.62. The highest BCUT2D eigenvalue weighted by Gasteiger charge is 2.39.